The Morgan fingerprint density at radius 3 is 2.35 bits per heavy atom. The van der Waals surface area contributed by atoms with Crippen LogP contribution in [0, 0.1) is 0 Å². The van der Waals surface area contributed by atoms with Gasteiger partial charge >= 0.3 is 0 Å². The molecule has 0 spiro atoms. The van der Waals surface area contributed by atoms with Crippen LogP contribution in [-0.2, 0) is 14.8 Å². The van der Waals surface area contributed by atoms with E-state index in [2.05, 4.69) is 5.32 Å². The third-order valence-corrected chi connectivity index (χ3v) is 4.91. The van der Waals surface area contributed by atoms with E-state index < -0.39 is 10.0 Å². The smallest absolute Gasteiger partial charge is 0.225 e. The van der Waals surface area contributed by atoms with Crippen LogP contribution in [0.4, 0.5) is 5.69 Å². The highest BCUT2D eigenvalue weighted by Gasteiger charge is 2.22. The van der Waals surface area contributed by atoms with Gasteiger partial charge in [0.15, 0.2) is 0 Å². The third kappa shape index (κ3) is 6.58. The normalized spacial score (nSPS) is 12.9. The molecule has 0 aliphatic heterocycles. The summed E-state index contributed by atoms with van der Waals surface area (Å²) in [7, 11) is -3.32. The largest absolute Gasteiger partial charge is 0.494 e. The van der Waals surface area contributed by atoms with Crippen LogP contribution in [-0.4, -0.2) is 44.1 Å². The lowest BCUT2D eigenvalue weighted by Gasteiger charge is -2.25. The fraction of sp³-hybridized carbons (Fsp3) is 0.562. The Labute approximate surface area is 138 Å². The number of hydrogen-bond donors (Lipinski definition) is 1. The number of nitrogens with one attached hydrogen (secondary N) is 1. The molecular weight excluding hydrogens is 316 g/mol. The maximum atomic E-state index is 12.0. The van der Waals surface area contributed by atoms with Crippen LogP contribution in [0.5, 0.6) is 5.75 Å². The summed E-state index contributed by atoms with van der Waals surface area (Å²) in [6.07, 6.45) is 1.99. The van der Waals surface area contributed by atoms with Gasteiger partial charge in [0.25, 0.3) is 0 Å². The lowest BCUT2D eigenvalue weighted by molar-refractivity contribution is -0.116. The van der Waals surface area contributed by atoms with Crippen LogP contribution in [0.3, 0.4) is 0 Å². The predicted molar refractivity (Wildman–Crippen MR) is 92.2 cm³/mol. The number of carbonyl (C=O) groups excluding carboxylic acids is 1. The molecule has 0 fully saturated rings. The zero-order valence-electron chi connectivity index (χ0n) is 14.2. The monoisotopic (exact) mass is 342 g/mol. The highest BCUT2D eigenvalue weighted by atomic mass is 32.2. The summed E-state index contributed by atoms with van der Waals surface area (Å²) in [5.74, 6) is 0.525. The highest BCUT2D eigenvalue weighted by Crippen LogP contribution is 2.16. The molecule has 0 radical (unpaired) electrons. The number of sulfonamides is 1. The van der Waals surface area contributed by atoms with E-state index in [1.165, 1.54) is 10.6 Å². The molecule has 0 saturated carbocycles. The van der Waals surface area contributed by atoms with Crippen molar-refractivity contribution in [1.29, 1.82) is 0 Å². The number of hydrogen-bond acceptors (Lipinski definition) is 4. The number of nitrogens with zero attached hydrogens (tertiary/aromatic N) is 1. The van der Waals surface area contributed by atoms with Crippen molar-refractivity contribution >= 4 is 21.6 Å². The first kappa shape index (κ1) is 19.4. The van der Waals surface area contributed by atoms with E-state index in [9.17, 15) is 13.2 Å². The topological polar surface area (TPSA) is 75.7 Å². The Kier molecular flexibility index (Phi) is 7.51. The summed E-state index contributed by atoms with van der Waals surface area (Å²) < 4.78 is 30.3. The Hall–Kier alpha value is -1.60. The van der Waals surface area contributed by atoms with Crippen molar-refractivity contribution in [1.82, 2.24) is 4.31 Å². The van der Waals surface area contributed by atoms with Crippen molar-refractivity contribution in [2.24, 2.45) is 0 Å². The second-order valence-corrected chi connectivity index (χ2v) is 7.32. The van der Waals surface area contributed by atoms with E-state index in [1.807, 2.05) is 20.8 Å². The summed E-state index contributed by atoms with van der Waals surface area (Å²) >= 11 is 0. The molecule has 6 nitrogen and oxygen atoms in total. The molecule has 23 heavy (non-hydrogen) atoms. The van der Waals surface area contributed by atoms with Gasteiger partial charge in [-0.3, -0.25) is 4.79 Å². The first-order chi connectivity index (χ1) is 10.8. The summed E-state index contributed by atoms with van der Waals surface area (Å²) in [5, 5.41) is 2.76. The second kappa shape index (κ2) is 8.88. The van der Waals surface area contributed by atoms with E-state index in [0.29, 0.717) is 18.7 Å². The van der Waals surface area contributed by atoms with Crippen molar-refractivity contribution in [2.75, 3.05) is 24.7 Å². The minimum atomic E-state index is -3.32. The first-order valence-corrected chi connectivity index (χ1v) is 9.62. The number of rotatable bonds is 9. The van der Waals surface area contributed by atoms with E-state index in [0.717, 1.165) is 5.75 Å². The number of ether oxygens (including phenoxy) is 1. The number of benzene rings is 1. The molecule has 0 heterocycles. The number of amides is 1. The van der Waals surface area contributed by atoms with Gasteiger partial charge in [-0.15, -0.1) is 0 Å². The zero-order chi connectivity index (χ0) is 17.5. The molecule has 0 bridgehead atoms. The fourth-order valence-electron chi connectivity index (χ4n) is 2.15. The first-order valence-electron chi connectivity index (χ1n) is 7.77. The molecule has 1 amide bonds. The maximum absolute atomic E-state index is 12.0. The van der Waals surface area contributed by atoms with Gasteiger partial charge in [0.05, 0.1) is 12.9 Å². The number of carbonyl (C=O) groups is 1. The molecule has 130 valence electrons. The predicted octanol–water partition coefficient (Wildman–Crippen LogP) is 2.47. The summed E-state index contributed by atoms with van der Waals surface area (Å²) in [5.41, 5.74) is 0.660. The Balaban J connectivity index is 2.58. The minimum Gasteiger partial charge on any atom is -0.494 e. The van der Waals surface area contributed by atoms with Gasteiger partial charge < -0.3 is 10.1 Å². The van der Waals surface area contributed by atoms with Gasteiger partial charge in [-0.1, -0.05) is 6.92 Å². The van der Waals surface area contributed by atoms with Gasteiger partial charge in [-0.05, 0) is 44.5 Å². The lowest BCUT2D eigenvalue weighted by atomic mass is 10.2. The Bertz CT molecular complexity index is 599. The lowest BCUT2D eigenvalue weighted by Crippen LogP contribution is -2.39. The van der Waals surface area contributed by atoms with Crippen molar-refractivity contribution in [3.8, 4) is 5.75 Å². The molecular formula is C16H26N2O4S. The van der Waals surface area contributed by atoms with E-state index in [1.54, 1.807) is 24.3 Å². The molecule has 7 heteroatoms. The Morgan fingerprint density at radius 2 is 1.87 bits per heavy atom. The van der Waals surface area contributed by atoms with Gasteiger partial charge in [0.2, 0.25) is 15.9 Å². The molecule has 1 N–H and O–H groups in total. The Morgan fingerprint density at radius 1 is 1.26 bits per heavy atom. The van der Waals surface area contributed by atoms with Crippen LogP contribution in [0.1, 0.15) is 33.6 Å². The van der Waals surface area contributed by atoms with Crippen molar-refractivity contribution in [3.05, 3.63) is 24.3 Å². The number of anilines is 1. The minimum absolute atomic E-state index is 0.116. The van der Waals surface area contributed by atoms with E-state index in [-0.39, 0.29) is 24.9 Å². The van der Waals surface area contributed by atoms with Crippen LogP contribution < -0.4 is 10.1 Å². The van der Waals surface area contributed by atoms with Crippen LogP contribution >= 0.6 is 0 Å². The third-order valence-electron chi connectivity index (χ3n) is 3.52. The molecule has 1 aromatic carbocycles. The summed E-state index contributed by atoms with van der Waals surface area (Å²) in [6, 6.07) is 6.95. The average molecular weight is 342 g/mol. The maximum Gasteiger partial charge on any atom is 0.225 e. The zero-order valence-corrected chi connectivity index (χ0v) is 15.0. The van der Waals surface area contributed by atoms with Crippen molar-refractivity contribution in [3.63, 3.8) is 0 Å². The molecule has 1 unspecified atom stereocenters. The molecule has 0 aromatic heterocycles. The molecule has 1 atom stereocenters. The molecule has 0 aliphatic carbocycles. The van der Waals surface area contributed by atoms with Crippen LogP contribution in [0.25, 0.3) is 0 Å². The SMILES string of the molecule is CCOc1ccc(NC(=O)CCN(C(C)CC)S(C)(=O)=O)cc1. The van der Waals surface area contributed by atoms with E-state index in [4.69, 9.17) is 4.74 Å². The molecule has 0 saturated heterocycles. The van der Waals surface area contributed by atoms with Gasteiger partial charge in [-0.25, -0.2) is 8.42 Å². The standard InChI is InChI=1S/C16H26N2O4S/c1-5-13(3)18(23(4,20)21)12-11-16(19)17-14-7-9-15(10-8-14)22-6-2/h7-10,13H,5-6,11-12H2,1-4H3,(H,17,19). The van der Waals surface area contributed by atoms with Crippen LogP contribution in [0.15, 0.2) is 24.3 Å². The second-order valence-electron chi connectivity index (χ2n) is 5.39. The quantitative estimate of drug-likeness (QED) is 0.748. The molecule has 1 aromatic rings. The van der Waals surface area contributed by atoms with Gasteiger partial charge in [-0.2, -0.15) is 4.31 Å². The molecule has 0 aliphatic rings. The van der Waals surface area contributed by atoms with Gasteiger partial charge in [0, 0.05) is 24.7 Å². The fourth-order valence-corrected chi connectivity index (χ4v) is 3.38. The summed E-state index contributed by atoms with van der Waals surface area (Å²) in [6.45, 7) is 6.42. The average Bonchev–Trinajstić information content (AvgIpc) is 2.48. The van der Waals surface area contributed by atoms with E-state index >= 15 is 0 Å². The highest BCUT2D eigenvalue weighted by molar-refractivity contribution is 7.88. The summed E-state index contributed by atoms with van der Waals surface area (Å²) in [4.78, 5) is 12.0. The van der Waals surface area contributed by atoms with Crippen molar-refractivity contribution < 1.29 is 17.9 Å². The molecule has 1 rings (SSSR count). The van der Waals surface area contributed by atoms with Crippen LogP contribution in [0.2, 0.25) is 0 Å². The van der Waals surface area contributed by atoms with Gasteiger partial charge in [0.1, 0.15) is 5.75 Å². The van der Waals surface area contributed by atoms with Crippen molar-refractivity contribution in [2.45, 2.75) is 39.7 Å².